The molecule has 2 aliphatic carbocycles. The van der Waals surface area contributed by atoms with E-state index in [2.05, 4.69) is 35.0 Å². The van der Waals surface area contributed by atoms with Gasteiger partial charge in [-0.2, -0.15) is 0 Å². The van der Waals surface area contributed by atoms with Gasteiger partial charge in [0.05, 0.1) is 6.10 Å². The summed E-state index contributed by atoms with van der Waals surface area (Å²) in [5.41, 5.74) is 1.33. The molecule has 1 aliphatic heterocycles. The molecule has 3 fully saturated rings. The van der Waals surface area contributed by atoms with E-state index in [0.29, 0.717) is 17.8 Å². The summed E-state index contributed by atoms with van der Waals surface area (Å²) in [5.74, 6) is 2.26. The molecule has 5 atom stereocenters. The first kappa shape index (κ1) is 19.7. The molecule has 150 valence electrons. The number of benzene rings is 1. The molecule has 3 aliphatic rings. The van der Waals surface area contributed by atoms with Gasteiger partial charge in [0, 0.05) is 43.7 Å². The fourth-order valence-electron chi connectivity index (χ4n) is 6.03. The number of hydrogen-bond donors (Lipinski definition) is 1. The maximum Gasteiger partial charge on any atom is 0.0577 e. The average Bonchev–Trinajstić information content (AvgIpc) is 2.68. The molecule has 27 heavy (non-hydrogen) atoms. The molecule has 0 radical (unpaired) electrons. The third kappa shape index (κ3) is 4.53. The van der Waals surface area contributed by atoms with E-state index in [1.807, 2.05) is 6.07 Å². The zero-order valence-electron chi connectivity index (χ0n) is 16.7. The summed E-state index contributed by atoms with van der Waals surface area (Å²) in [6.45, 7) is 5.59. The topological polar surface area (TPSA) is 26.7 Å². The molecule has 3 nitrogen and oxygen atoms in total. The van der Waals surface area contributed by atoms with Crippen molar-refractivity contribution in [2.24, 2.45) is 17.8 Å². The van der Waals surface area contributed by atoms with Gasteiger partial charge in [0.15, 0.2) is 0 Å². The molecule has 2 saturated carbocycles. The highest BCUT2D eigenvalue weighted by Gasteiger charge is 2.44. The molecular formula is C23H35ClN2O. The van der Waals surface area contributed by atoms with Crippen LogP contribution in [0, 0.1) is 17.8 Å². The summed E-state index contributed by atoms with van der Waals surface area (Å²) in [6.07, 6.45) is 7.41. The molecule has 1 aromatic rings. The lowest BCUT2D eigenvalue weighted by Crippen LogP contribution is -2.49. The second kappa shape index (κ2) is 8.82. The van der Waals surface area contributed by atoms with Crippen molar-refractivity contribution in [2.45, 2.75) is 50.5 Å². The molecule has 1 N–H and O–H groups in total. The number of hydrogen-bond acceptors (Lipinski definition) is 3. The van der Waals surface area contributed by atoms with Crippen LogP contribution >= 0.6 is 11.6 Å². The highest BCUT2D eigenvalue weighted by atomic mass is 35.5. The Bertz CT molecular complexity index is 616. The molecule has 1 aromatic carbocycles. The van der Waals surface area contributed by atoms with Crippen LogP contribution in [-0.4, -0.2) is 60.8 Å². The average molecular weight is 391 g/mol. The molecule has 4 rings (SSSR count). The summed E-state index contributed by atoms with van der Waals surface area (Å²) in [4.78, 5) is 5.03. The first-order chi connectivity index (χ1) is 13.1. The van der Waals surface area contributed by atoms with E-state index in [4.69, 9.17) is 11.6 Å². The van der Waals surface area contributed by atoms with Crippen LogP contribution in [-0.2, 0) is 0 Å². The van der Waals surface area contributed by atoms with Crippen molar-refractivity contribution in [3.8, 4) is 0 Å². The highest BCUT2D eigenvalue weighted by Crippen LogP contribution is 2.49. The number of rotatable bonds is 4. The molecule has 0 amide bonds. The molecule has 4 heteroatoms. The Labute approximate surface area is 169 Å². The Morgan fingerprint density at radius 1 is 1.07 bits per heavy atom. The minimum atomic E-state index is -0.166. The van der Waals surface area contributed by atoms with Crippen LogP contribution in [0.4, 0.5) is 0 Å². The third-order valence-corrected chi connectivity index (χ3v) is 7.77. The number of halogens is 1. The SMILES string of the molecule is CN1CCN(CC(c2cccc(Cl)c2)C2C(O)CCC3CCCCC32)CC1. The van der Waals surface area contributed by atoms with E-state index in [1.165, 1.54) is 37.7 Å². The lowest BCUT2D eigenvalue weighted by Gasteiger charge is -2.48. The van der Waals surface area contributed by atoms with Gasteiger partial charge in [-0.1, -0.05) is 43.0 Å². The van der Waals surface area contributed by atoms with Gasteiger partial charge < -0.3 is 14.9 Å². The van der Waals surface area contributed by atoms with Crippen LogP contribution in [0.1, 0.15) is 50.0 Å². The normalized spacial score (nSPS) is 34.2. The van der Waals surface area contributed by atoms with Crippen LogP contribution in [0.5, 0.6) is 0 Å². The van der Waals surface area contributed by atoms with Crippen LogP contribution < -0.4 is 0 Å². The molecule has 0 spiro atoms. The van der Waals surface area contributed by atoms with Gasteiger partial charge in [0.1, 0.15) is 0 Å². The fraction of sp³-hybridized carbons (Fsp3) is 0.739. The van der Waals surface area contributed by atoms with Crippen molar-refractivity contribution < 1.29 is 5.11 Å². The Hall–Kier alpha value is -0.610. The van der Waals surface area contributed by atoms with Crippen LogP contribution in [0.3, 0.4) is 0 Å². The first-order valence-corrected chi connectivity index (χ1v) is 11.3. The maximum atomic E-state index is 11.1. The van der Waals surface area contributed by atoms with Crippen LogP contribution in [0.15, 0.2) is 24.3 Å². The lowest BCUT2D eigenvalue weighted by molar-refractivity contribution is -0.0349. The smallest absolute Gasteiger partial charge is 0.0577 e. The molecule has 5 unspecified atom stereocenters. The van der Waals surface area contributed by atoms with Gasteiger partial charge in [-0.3, -0.25) is 0 Å². The van der Waals surface area contributed by atoms with Crippen molar-refractivity contribution >= 4 is 11.6 Å². The lowest BCUT2D eigenvalue weighted by atomic mass is 9.60. The summed E-state index contributed by atoms with van der Waals surface area (Å²) < 4.78 is 0. The number of aliphatic hydroxyl groups excluding tert-OH is 1. The zero-order chi connectivity index (χ0) is 18.8. The highest BCUT2D eigenvalue weighted by molar-refractivity contribution is 6.30. The van der Waals surface area contributed by atoms with Gasteiger partial charge >= 0.3 is 0 Å². The molecule has 1 heterocycles. The second-order valence-electron chi connectivity index (χ2n) is 9.20. The molecular weight excluding hydrogens is 356 g/mol. The van der Waals surface area contributed by atoms with E-state index in [9.17, 15) is 5.11 Å². The van der Waals surface area contributed by atoms with Crippen molar-refractivity contribution in [3.63, 3.8) is 0 Å². The third-order valence-electron chi connectivity index (χ3n) is 7.53. The summed E-state index contributed by atoms with van der Waals surface area (Å²) in [7, 11) is 2.21. The largest absolute Gasteiger partial charge is 0.393 e. The predicted octanol–water partition coefficient (Wildman–Crippen LogP) is 4.25. The van der Waals surface area contributed by atoms with Crippen molar-refractivity contribution in [2.75, 3.05) is 39.8 Å². The standard InChI is InChI=1S/C23H35ClN2O/c1-25-11-13-26(14-12-25)16-21(18-6-4-7-19(24)15-18)23-20-8-3-2-5-17(20)9-10-22(23)27/h4,6-7,15,17,20-23,27H,2-3,5,8-14,16H2,1H3. The van der Waals surface area contributed by atoms with Crippen molar-refractivity contribution in [3.05, 3.63) is 34.9 Å². The van der Waals surface area contributed by atoms with Gasteiger partial charge in [0.2, 0.25) is 0 Å². The number of fused-ring (bicyclic) bond motifs is 1. The Balaban J connectivity index is 1.61. The summed E-state index contributed by atoms with van der Waals surface area (Å²) in [5, 5.41) is 11.9. The number of piperazine rings is 1. The van der Waals surface area contributed by atoms with E-state index >= 15 is 0 Å². The summed E-state index contributed by atoms with van der Waals surface area (Å²) >= 11 is 6.38. The second-order valence-corrected chi connectivity index (χ2v) is 9.63. The Morgan fingerprint density at radius 3 is 2.63 bits per heavy atom. The first-order valence-electron chi connectivity index (χ1n) is 11.0. The number of aliphatic hydroxyl groups is 1. The number of likely N-dealkylation sites (N-methyl/N-ethyl adjacent to an activating group) is 1. The van der Waals surface area contributed by atoms with Crippen molar-refractivity contribution in [1.29, 1.82) is 0 Å². The van der Waals surface area contributed by atoms with E-state index in [-0.39, 0.29) is 6.10 Å². The van der Waals surface area contributed by atoms with Gasteiger partial charge in [-0.05, 0) is 61.8 Å². The molecule has 0 aromatic heterocycles. The van der Waals surface area contributed by atoms with Gasteiger partial charge in [-0.15, -0.1) is 0 Å². The van der Waals surface area contributed by atoms with E-state index < -0.39 is 0 Å². The van der Waals surface area contributed by atoms with E-state index in [0.717, 1.165) is 50.1 Å². The fourth-order valence-corrected chi connectivity index (χ4v) is 6.22. The minimum Gasteiger partial charge on any atom is -0.393 e. The van der Waals surface area contributed by atoms with Crippen molar-refractivity contribution in [1.82, 2.24) is 9.80 Å². The zero-order valence-corrected chi connectivity index (χ0v) is 17.4. The van der Waals surface area contributed by atoms with Gasteiger partial charge in [0.25, 0.3) is 0 Å². The number of nitrogens with zero attached hydrogens (tertiary/aromatic N) is 2. The molecule has 1 saturated heterocycles. The Morgan fingerprint density at radius 2 is 1.85 bits per heavy atom. The van der Waals surface area contributed by atoms with Crippen LogP contribution in [0.25, 0.3) is 0 Å². The molecule has 0 bridgehead atoms. The predicted molar refractivity (Wildman–Crippen MR) is 112 cm³/mol. The summed E-state index contributed by atoms with van der Waals surface area (Å²) in [6, 6.07) is 8.45. The Kier molecular flexibility index (Phi) is 6.43. The van der Waals surface area contributed by atoms with Crippen LogP contribution in [0.2, 0.25) is 5.02 Å². The minimum absolute atomic E-state index is 0.166. The maximum absolute atomic E-state index is 11.1. The monoisotopic (exact) mass is 390 g/mol. The van der Waals surface area contributed by atoms with Gasteiger partial charge in [-0.25, -0.2) is 0 Å². The van der Waals surface area contributed by atoms with E-state index in [1.54, 1.807) is 0 Å². The quantitative estimate of drug-likeness (QED) is 0.832.